The first-order valence-corrected chi connectivity index (χ1v) is 6.78. The first kappa shape index (κ1) is 13.6. The molecule has 1 aliphatic carbocycles. The lowest BCUT2D eigenvalue weighted by atomic mass is 9.82. The second-order valence-corrected chi connectivity index (χ2v) is 5.95. The summed E-state index contributed by atoms with van der Waals surface area (Å²) >= 11 is 0. The van der Waals surface area contributed by atoms with Crippen LogP contribution in [0.3, 0.4) is 0 Å². The average molecular weight is 256 g/mol. The molecule has 1 unspecified atom stereocenters. The summed E-state index contributed by atoms with van der Waals surface area (Å²) in [6.45, 7) is 12.2. The Balaban J connectivity index is 1.92. The van der Waals surface area contributed by atoms with Crippen molar-refractivity contribution < 1.29 is 4.79 Å². The van der Waals surface area contributed by atoms with Crippen LogP contribution < -0.4 is 5.32 Å². The van der Waals surface area contributed by atoms with Crippen LogP contribution >= 0.6 is 0 Å². The first-order chi connectivity index (χ1) is 9.03. The van der Waals surface area contributed by atoms with E-state index >= 15 is 0 Å². The van der Waals surface area contributed by atoms with E-state index in [1.807, 2.05) is 0 Å². The van der Waals surface area contributed by atoms with Crippen molar-refractivity contribution in [2.75, 3.05) is 6.54 Å². The summed E-state index contributed by atoms with van der Waals surface area (Å²) in [7, 11) is 0. The third-order valence-corrected chi connectivity index (χ3v) is 4.25. The van der Waals surface area contributed by atoms with Gasteiger partial charge in [0.05, 0.1) is 6.57 Å². The second-order valence-electron chi connectivity index (χ2n) is 5.95. The molecule has 1 aromatic carbocycles. The van der Waals surface area contributed by atoms with Crippen LogP contribution in [0.1, 0.15) is 43.5 Å². The molecular formula is C16H20N2O. The summed E-state index contributed by atoms with van der Waals surface area (Å²) in [4.78, 5) is 15.3. The molecular weight excluding hydrogens is 236 g/mol. The van der Waals surface area contributed by atoms with E-state index in [9.17, 15) is 4.79 Å². The predicted octanol–water partition coefficient (Wildman–Crippen LogP) is 3.79. The molecule has 1 fully saturated rings. The van der Waals surface area contributed by atoms with Crippen LogP contribution in [0, 0.1) is 17.9 Å². The Morgan fingerprint density at radius 3 is 2.63 bits per heavy atom. The van der Waals surface area contributed by atoms with E-state index in [2.05, 4.69) is 24.0 Å². The molecule has 19 heavy (non-hydrogen) atoms. The predicted molar refractivity (Wildman–Crippen MR) is 76.2 cm³/mol. The molecule has 0 aliphatic heterocycles. The minimum Gasteiger partial charge on any atom is -0.352 e. The highest BCUT2D eigenvalue weighted by molar-refractivity contribution is 5.94. The van der Waals surface area contributed by atoms with Crippen molar-refractivity contribution in [2.24, 2.45) is 11.3 Å². The summed E-state index contributed by atoms with van der Waals surface area (Å²) in [5.74, 6) is 0.526. The monoisotopic (exact) mass is 256 g/mol. The molecule has 1 aromatic rings. The molecule has 0 saturated heterocycles. The van der Waals surface area contributed by atoms with Crippen molar-refractivity contribution >= 4 is 11.6 Å². The number of rotatable bonds is 3. The van der Waals surface area contributed by atoms with Gasteiger partial charge in [0.2, 0.25) is 0 Å². The van der Waals surface area contributed by atoms with Gasteiger partial charge in [-0.2, -0.15) is 0 Å². The van der Waals surface area contributed by atoms with E-state index < -0.39 is 0 Å². The van der Waals surface area contributed by atoms with E-state index in [0.29, 0.717) is 22.6 Å². The van der Waals surface area contributed by atoms with Gasteiger partial charge in [0, 0.05) is 12.1 Å². The zero-order valence-corrected chi connectivity index (χ0v) is 11.6. The minimum atomic E-state index is -0.0424. The summed E-state index contributed by atoms with van der Waals surface area (Å²) in [5.41, 5.74) is 1.53. The standard InChI is InChI=1S/C16H20N2O/c1-16(2)10-4-5-13(16)11-18-15(19)12-6-8-14(17-3)9-7-12/h6-9,13H,4-5,10-11H2,1-2H3,(H,18,19). The van der Waals surface area contributed by atoms with Crippen LogP contribution in [-0.4, -0.2) is 12.5 Å². The van der Waals surface area contributed by atoms with E-state index in [1.54, 1.807) is 24.3 Å². The Morgan fingerprint density at radius 2 is 2.11 bits per heavy atom. The number of carbonyl (C=O) groups excluding carboxylic acids is 1. The van der Waals surface area contributed by atoms with Gasteiger partial charge < -0.3 is 5.32 Å². The zero-order valence-electron chi connectivity index (χ0n) is 11.6. The fourth-order valence-corrected chi connectivity index (χ4v) is 2.78. The second kappa shape index (κ2) is 5.44. The number of benzene rings is 1. The number of hydrogen-bond acceptors (Lipinski definition) is 1. The minimum absolute atomic E-state index is 0.0424. The molecule has 0 radical (unpaired) electrons. The Labute approximate surface area is 114 Å². The molecule has 0 bridgehead atoms. The van der Waals surface area contributed by atoms with Crippen molar-refractivity contribution in [3.63, 3.8) is 0 Å². The molecule has 0 aromatic heterocycles. The number of hydrogen-bond donors (Lipinski definition) is 1. The summed E-state index contributed by atoms with van der Waals surface area (Å²) in [6, 6.07) is 6.79. The van der Waals surface area contributed by atoms with Gasteiger partial charge in [-0.1, -0.05) is 44.5 Å². The van der Waals surface area contributed by atoms with Crippen LogP contribution in [-0.2, 0) is 0 Å². The van der Waals surface area contributed by atoms with Gasteiger partial charge in [0.15, 0.2) is 5.69 Å². The van der Waals surface area contributed by atoms with E-state index in [1.165, 1.54) is 19.3 Å². The normalized spacial score (nSPS) is 20.8. The Hall–Kier alpha value is -1.82. The molecule has 1 atom stereocenters. The topological polar surface area (TPSA) is 33.5 Å². The lowest BCUT2D eigenvalue weighted by molar-refractivity contribution is 0.0937. The smallest absolute Gasteiger partial charge is 0.251 e. The lowest BCUT2D eigenvalue weighted by Crippen LogP contribution is -2.33. The Morgan fingerprint density at radius 1 is 1.42 bits per heavy atom. The largest absolute Gasteiger partial charge is 0.352 e. The molecule has 2 rings (SSSR count). The SMILES string of the molecule is [C-]#[N+]c1ccc(C(=O)NCC2CCCC2(C)C)cc1. The highest BCUT2D eigenvalue weighted by Gasteiger charge is 2.34. The van der Waals surface area contributed by atoms with E-state index in [0.717, 1.165) is 6.54 Å². The average Bonchev–Trinajstić information content (AvgIpc) is 2.75. The van der Waals surface area contributed by atoms with Gasteiger partial charge in [-0.15, -0.1) is 0 Å². The fraction of sp³-hybridized carbons (Fsp3) is 0.500. The van der Waals surface area contributed by atoms with Crippen LogP contribution in [0.15, 0.2) is 24.3 Å². The van der Waals surface area contributed by atoms with Gasteiger partial charge in [-0.25, -0.2) is 4.85 Å². The van der Waals surface area contributed by atoms with Crippen molar-refractivity contribution in [1.82, 2.24) is 5.32 Å². The number of amides is 1. The van der Waals surface area contributed by atoms with E-state index in [4.69, 9.17) is 6.57 Å². The summed E-state index contributed by atoms with van der Waals surface area (Å²) in [6.07, 6.45) is 3.70. The van der Waals surface area contributed by atoms with Gasteiger partial charge in [-0.3, -0.25) is 4.79 Å². The van der Waals surface area contributed by atoms with Crippen LogP contribution in [0.4, 0.5) is 5.69 Å². The summed E-state index contributed by atoms with van der Waals surface area (Å²) in [5, 5.41) is 3.02. The summed E-state index contributed by atoms with van der Waals surface area (Å²) < 4.78 is 0. The number of carbonyl (C=O) groups is 1. The zero-order chi connectivity index (χ0) is 13.9. The molecule has 0 spiro atoms. The highest BCUT2D eigenvalue weighted by Crippen LogP contribution is 2.42. The molecule has 1 N–H and O–H groups in total. The van der Waals surface area contributed by atoms with Crippen molar-refractivity contribution in [3.05, 3.63) is 41.2 Å². The quantitative estimate of drug-likeness (QED) is 0.820. The van der Waals surface area contributed by atoms with Crippen LogP contribution in [0.2, 0.25) is 0 Å². The Kier molecular flexibility index (Phi) is 3.90. The number of nitrogens with one attached hydrogen (secondary N) is 1. The van der Waals surface area contributed by atoms with Gasteiger partial charge in [-0.05, 0) is 24.2 Å². The molecule has 1 aliphatic rings. The van der Waals surface area contributed by atoms with Gasteiger partial charge in [0.25, 0.3) is 5.91 Å². The van der Waals surface area contributed by atoms with Crippen LogP contribution in [0.5, 0.6) is 0 Å². The van der Waals surface area contributed by atoms with Crippen LogP contribution in [0.25, 0.3) is 4.85 Å². The third kappa shape index (κ3) is 3.14. The maximum absolute atomic E-state index is 12.0. The fourth-order valence-electron chi connectivity index (χ4n) is 2.78. The molecule has 1 saturated carbocycles. The first-order valence-electron chi connectivity index (χ1n) is 6.78. The molecule has 3 heteroatoms. The maximum atomic E-state index is 12.0. The number of nitrogens with zero attached hydrogens (tertiary/aromatic N) is 1. The molecule has 3 nitrogen and oxygen atoms in total. The molecule has 0 heterocycles. The van der Waals surface area contributed by atoms with E-state index in [-0.39, 0.29) is 5.91 Å². The maximum Gasteiger partial charge on any atom is 0.251 e. The third-order valence-electron chi connectivity index (χ3n) is 4.25. The molecule has 100 valence electrons. The van der Waals surface area contributed by atoms with Crippen molar-refractivity contribution in [3.8, 4) is 0 Å². The Bertz CT molecular complexity index is 496. The molecule has 1 amide bonds. The van der Waals surface area contributed by atoms with Gasteiger partial charge in [0.1, 0.15) is 0 Å². The van der Waals surface area contributed by atoms with Crippen molar-refractivity contribution in [2.45, 2.75) is 33.1 Å². The highest BCUT2D eigenvalue weighted by atomic mass is 16.1. The van der Waals surface area contributed by atoms with Crippen molar-refractivity contribution in [1.29, 1.82) is 0 Å². The van der Waals surface area contributed by atoms with Gasteiger partial charge >= 0.3 is 0 Å². The lowest BCUT2D eigenvalue weighted by Gasteiger charge is -2.27.